The van der Waals surface area contributed by atoms with Gasteiger partial charge in [0.1, 0.15) is 11.5 Å². The molecule has 16 heavy (non-hydrogen) atoms. The van der Waals surface area contributed by atoms with Gasteiger partial charge in [-0.1, -0.05) is 6.07 Å². The number of nitrogen functional groups attached to an aromatic ring is 2. The molecule has 82 valence electrons. The summed E-state index contributed by atoms with van der Waals surface area (Å²) in [7, 11) is 0. The van der Waals surface area contributed by atoms with E-state index in [4.69, 9.17) is 11.5 Å². The van der Waals surface area contributed by atoms with E-state index in [9.17, 15) is 4.79 Å². The lowest BCUT2D eigenvalue weighted by atomic mass is 10.4. The molecule has 5 heteroatoms. The number of anilines is 2. The SMILES string of the molecule is Nc1cccnc1N.O=Cc1ccccn1. The molecule has 5 nitrogen and oxygen atoms in total. The van der Waals surface area contributed by atoms with Gasteiger partial charge >= 0.3 is 0 Å². The van der Waals surface area contributed by atoms with Crippen LogP contribution in [0.25, 0.3) is 0 Å². The van der Waals surface area contributed by atoms with E-state index < -0.39 is 0 Å². The Morgan fingerprint density at radius 3 is 2.12 bits per heavy atom. The first-order valence-electron chi connectivity index (χ1n) is 4.56. The Morgan fingerprint density at radius 1 is 1.00 bits per heavy atom. The second kappa shape index (κ2) is 6.13. The number of pyridine rings is 2. The Balaban J connectivity index is 0.000000160. The molecule has 0 aromatic carbocycles. The van der Waals surface area contributed by atoms with Crippen molar-refractivity contribution in [1.82, 2.24) is 9.97 Å². The summed E-state index contributed by atoms with van der Waals surface area (Å²) in [5, 5.41) is 0. The van der Waals surface area contributed by atoms with Crippen molar-refractivity contribution < 1.29 is 4.79 Å². The summed E-state index contributed by atoms with van der Waals surface area (Å²) in [5.41, 5.74) is 11.6. The monoisotopic (exact) mass is 216 g/mol. The van der Waals surface area contributed by atoms with Crippen LogP contribution in [-0.4, -0.2) is 16.3 Å². The lowest BCUT2D eigenvalue weighted by Gasteiger charge is -1.92. The first-order valence-corrected chi connectivity index (χ1v) is 4.56. The van der Waals surface area contributed by atoms with E-state index in [1.165, 1.54) is 0 Å². The summed E-state index contributed by atoms with van der Waals surface area (Å²) >= 11 is 0. The molecular formula is C11H12N4O. The van der Waals surface area contributed by atoms with Crippen LogP contribution in [0.3, 0.4) is 0 Å². The minimum Gasteiger partial charge on any atom is -0.396 e. The quantitative estimate of drug-likeness (QED) is 0.697. The molecule has 2 rings (SSSR count). The molecule has 0 bridgehead atoms. The van der Waals surface area contributed by atoms with Crippen molar-refractivity contribution in [1.29, 1.82) is 0 Å². The van der Waals surface area contributed by atoms with E-state index in [1.807, 2.05) is 0 Å². The second-order valence-electron chi connectivity index (χ2n) is 2.85. The van der Waals surface area contributed by atoms with Crippen molar-refractivity contribution >= 4 is 17.8 Å². The number of carbonyl (C=O) groups excluding carboxylic acids is 1. The van der Waals surface area contributed by atoms with Crippen molar-refractivity contribution in [3.8, 4) is 0 Å². The molecule has 0 fully saturated rings. The number of hydrogen-bond acceptors (Lipinski definition) is 5. The first-order chi connectivity index (χ1) is 7.74. The van der Waals surface area contributed by atoms with Gasteiger partial charge in [0.15, 0.2) is 6.29 Å². The molecule has 0 radical (unpaired) electrons. The predicted molar refractivity (Wildman–Crippen MR) is 62.7 cm³/mol. The van der Waals surface area contributed by atoms with Crippen LogP contribution in [0.4, 0.5) is 11.5 Å². The molecular weight excluding hydrogens is 204 g/mol. The van der Waals surface area contributed by atoms with E-state index >= 15 is 0 Å². The Kier molecular flexibility index (Phi) is 4.46. The van der Waals surface area contributed by atoms with Crippen LogP contribution in [0.1, 0.15) is 10.5 Å². The summed E-state index contributed by atoms with van der Waals surface area (Å²) in [4.78, 5) is 17.4. The fourth-order valence-corrected chi connectivity index (χ4v) is 0.876. The third-order valence-corrected chi connectivity index (χ3v) is 1.68. The molecule has 0 amide bonds. The zero-order chi connectivity index (χ0) is 11.8. The Hall–Kier alpha value is -2.43. The highest BCUT2D eigenvalue weighted by Crippen LogP contribution is 2.06. The highest BCUT2D eigenvalue weighted by atomic mass is 16.1. The third-order valence-electron chi connectivity index (χ3n) is 1.68. The lowest BCUT2D eigenvalue weighted by Crippen LogP contribution is -1.95. The molecule has 0 saturated heterocycles. The van der Waals surface area contributed by atoms with E-state index in [1.54, 1.807) is 42.7 Å². The van der Waals surface area contributed by atoms with Crippen molar-refractivity contribution in [2.45, 2.75) is 0 Å². The first kappa shape index (κ1) is 11.6. The maximum atomic E-state index is 9.94. The van der Waals surface area contributed by atoms with E-state index in [2.05, 4.69) is 9.97 Å². The number of rotatable bonds is 1. The average molecular weight is 216 g/mol. The van der Waals surface area contributed by atoms with Gasteiger partial charge in [0.2, 0.25) is 0 Å². The smallest absolute Gasteiger partial charge is 0.168 e. The van der Waals surface area contributed by atoms with E-state index in [-0.39, 0.29) is 0 Å². The molecule has 0 unspecified atom stereocenters. The van der Waals surface area contributed by atoms with Gasteiger partial charge in [-0.3, -0.25) is 9.78 Å². The highest BCUT2D eigenvalue weighted by molar-refractivity contribution is 5.71. The van der Waals surface area contributed by atoms with Crippen molar-refractivity contribution in [3.05, 3.63) is 48.4 Å². The van der Waals surface area contributed by atoms with Gasteiger partial charge < -0.3 is 11.5 Å². The summed E-state index contributed by atoms with van der Waals surface area (Å²) in [6.45, 7) is 0. The van der Waals surface area contributed by atoms with Gasteiger partial charge in [0.05, 0.1) is 5.69 Å². The molecule has 0 spiro atoms. The van der Waals surface area contributed by atoms with Gasteiger partial charge in [-0.05, 0) is 24.3 Å². The highest BCUT2D eigenvalue weighted by Gasteiger charge is 1.87. The molecule has 0 aliphatic carbocycles. The Bertz CT molecular complexity index is 424. The number of hydrogen-bond donors (Lipinski definition) is 2. The molecule has 0 atom stereocenters. The molecule has 4 N–H and O–H groups in total. The van der Waals surface area contributed by atoms with Crippen LogP contribution < -0.4 is 11.5 Å². The van der Waals surface area contributed by atoms with E-state index in [0.717, 1.165) is 6.29 Å². The normalized spacial score (nSPS) is 8.75. The zero-order valence-electron chi connectivity index (χ0n) is 8.58. The number of carbonyl (C=O) groups is 1. The number of aldehydes is 1. The standard InChI is InChI=1S/C6H5NO.C5H7N3/c8-5-6-3-1-2-4-7-6;6-4-2-1-3-8-5(4)7/h1-5H;1-3H,6H2,(H2,7,8). The van der Waals surface area contributed by atoms with Gasteiger partial charge in [0, 0.05) is 12.4 Å². The predicted octanol–water partition coefficient (Wildman–Crippen LogP) is 1.14. The van der Waals surface area contributed by atoms with Crippen LogP contribution >= 0.6 is 0 Å². The Morgan fingerprint density at radius 2 is 1.75 bits per heavy atom. The minimum atomic E-state index is 0.396. The van der Waals surface area contributed by atoms with Crippen molar-refractivity contribution in [2.75, 3.05) is 11.5 Å². The summed E-state index contributed by atoms with van der Waals surface area (Å²) < 4.78 is 0. The van der Waals surface area contributed by atoms with Crippen molar-refractivity contribution in [2.24, 2.45) is 0 Å². The topological polar surface area (TPSA) is 94.9 Å². The molecule has 2 aromatic rings. The zero-order valence-corrected chi connectivity index (χ0v) is 8.58. The molecule has 0 aliphatic heterocycles. The van der Waals surface area contributed by atoms with Crippen LogP contribution in [-0.2, 0) is 0 Å². The number of nitrogens with zero attached hydrogens (tertiary/aromatic N) is 2. The molecule has 0 aliphatic rings. The largest absolute Gasteiger partial charge is 0.396 e. The van der Waals surface area contributed by atoms with Crippen LogP contribution in [0.15, 0.2) is 42.7 Å². The maximum Gasteiger partial charge on any atom is 0.168 e. The number of nitrogens with two attached hydrogens (primary N) is 2. The van der Waals surface area contributed by atoms with Gasteiger partial charge in [-0.2, -0.15) is 0 Å². The minimum absolute atomic E-state index is 0.396. The summed E-state index contributed by atoms with van der Waals surface area (Å²) in [5.74, 6) is 0.396. The molecule has 2 heterocycles. The molecule has 0 saturated carbocycles. The second-order valence-corrected chi connectivity index (χ2v) is 2.85. The van der Waals surface area contributed by atoms with E-state index in [0.29, 0.717) is 17.2 Å². The summed E-state index contributed by atoms with van der Waals surface area (Å²) in [6, 6.07) is 8.66. The fourth-order valence-electron chi connectivity index (χ4n) is 0.876. The fraction of sp³-hybridized carbons (Fsp3) is 0. The number of aromatic nitrogens is 2. The lowest BCUT2D eigenvalue weighted by molar-refractivity contribution is 0.111. The summed E-state index contributed by atoms with van der Waals surface area (Å²) in [6.07, 6.45) is 3.91. The molecule has 2 aromatic heterocycles. The maximum absolute atomic E-state index is 9.94. The van der Waals surface area contributed by atoms with Crippen LogP contribution in [0.5, 0.6) is 0 Å². The third kappa shape index (κ3) is 3.75. The van der Waals surface area contributed by atoms with Gasteiger partial charge in [-0.15, -0.1) is 0 Å². The van der Waals surface area contributed by atoms with Gasteiger partial charge in [0.25, 0.3) is 0 Å². The average Bonchev–Trinajstić information content (AvgIpc) is 2.35. The van der Waals surface area contributed by atoms with Gasteiger partial charge in [-0.25, -0.2) is 4.98 Å². The van der Waals surface area contributed by atoms with Crippen LogP contribution in [0.2, 0.25) is 0 Å². The van der Waals surface area contributed by atoms with Crippen LogP contribution in [0, 0.1) is 0 Å². The Labute approximate surface area is 93.1 Å². The van der Waals surface area contributed by atoms with Crippen molar-refractivity contribution in [3.63, 3.8) is 0 Å².